The van der Waals surface area contributed by atoms with Crippen molar-refractivity contribution in [3.05, 3.63) is 64.7 Å². The van der Waals surface area contributed by atoms with Crippen LogP contribution in [0.25, 0.3) is 0 Å². The summed E-state index contributed by atoms with van der Waals surface area (Å²) in [4.78, 5) is 18.9. The first kappa shape index (κ1) is 19.7. The topological polar surface area (TPSA) is 103 Å². The summed E-state index contributed by atoms with van der Waals surface area (Å²) in [5.41, 5.74) is 1.10. The summed E-state index contributed by atoms with van der Waals surface area (Å²) < 4.78 is 3.96. The lowest BCUT2D eigenvalue weighted by Crippen LogP contribution is -2.09. The SMILES string of the molecule is O=[N+]([O-])c1cc(Cl)c(NCCCn2ccnc2)cc1NCCCn1ccnc1. The second-order valence-corrected chi connectivity index (χ2v) is 6.68. The Hall–Kier alpha value is -3.07. The lowest BCUT2D eigenvalue weighted by Gasteiger charge is -2.13. The van der Waals surface area contributed by atoms with Gasteiger partial charge in [-0.1, -0.05) is 11.6 Å². The summed E-state index contributed by atoms with van der Waals surface area (Å²) in [5, 5.41) is 18.1. The van der Waals surface area contributed by atoms with Crippen molar-refractivity contribution in [2.45, 2.75) is 25.9 Å². The van der Waals surface area contributed by atoms with Crippen molar-refractivity contribution in [3.8, 4) is 0 Å². The van der Waals surface area contributed by atoms with Crippen LogP contribution in [0, 0.1) is 10.1 Å². The van der Waals surface area contributed by atoms with Gasteiger partial charge >= 0.3 is 0 Å². The maximum Gasteiger partial charge on any atom is 0.293 e. The van der Waals surface area contributed by atoms with Gasteiger partial charge in [0.15, 0.2) is 0 Å². The zero-order valence-corrected chi connectivity index (χ0v) is 16.0. The minimum atomic E-state index is -0.424. The van der Waals surface area contributed by atoms with E-state index < -0.39 is 4.92 Å². The number of nitrogens with one attached hydrogen (secondary N) is 2. The fourth-order valence-electron chi connectivity index (χ4n) is 2.80. The predicted molar refractivity (Wildman–Crippen MR) is 109 cm³/mol. The van der Waals surface area contributed by atoms with Crippen molar-refractivity contribution >= 4 is 28.7 Å². The van der Waals surface area contributed by atoms with Crippen LogP contribution in [0.3, 0.4) is 0 Å². The third kappa shape index (κ3) is 5.46. The van der Waals surface area contributed by atoms with E-state index in [0.717, 1.165) is 25.9 Å². The van der Waals surface area contributed by atoms with Crippen LogP contribution in [-0.4, -0.2) is 37.1 Å². The van der Waals surface area contributed by atoms with Crippen LogP contribution in [0.1, 0.15) is 12.8 Å². The van der Waals surface area contributed by atoms with Crippen LogP contribution < -0.4 is 10.6 Å². The fraction of sp³-hybridized carbons (Fsp3) is 0.333. The van der Waals surface area contributed by atoms with Gasteiger partial charge in [-0.3, -0.25) is 10.1 Å². The molecule has 10 heteroatoms. The quantitative estimate of drug-likeness (QED) is 0.288. The Bertz CT molecular complexity index is 882. The Morgan fingerprint density at radius 3 is 2.04 bits per heavy atom. The minimum absolute atomic E-state index is 0.0309. The third-order valence-electron chi connectivity index (χ3n) is 4.22. The maximum atomic E-state index is 11.4. The Labute approximate surface area is 167 Å². The zero-order valence-electron chi connectivity index (χ0n) is 15.3. The molecule has 3 aromatic rings. The van der Waals surface area contributed by atoms with Crippen LogP contribution in [0.5, 0.6) is 0 Å². The van der Waals surface area contributed by atoms with Crippen LogP contribution >= 0.6 is 11.6 Å². The van der Waals surface area contributed by atoms with E-state index >= 15 is 0 Å². The number of benzene rings is 1. The van der Waals surface area contributed by atoms with Gasteiger partial charge in [-0.15, -0.1) is 0 Å². The van der Waals surface area contributed by atoms with E-state index in [0.29, 0.717) is 29.5 Å². The molecule has 9 nitrogen and oxygen atoms in total. The molecule has 0 unspecified atom stereocenters. The average Bonchev–Trinajstić information content (AvgIpc) is 3.37. The number of aromatic nitrogens is 4. The van der Waals surface area contributed by atoms with Crippen LogP contribution in [0.15, 0.2) is 49.6 Å². The van der Waals surface area contributed by atoms with Gasteiger partial charge in [0.2, 0.25) is 0 Å². The standard InChI is InChI=1S/C18H22ClN7O2/c19-15-11-18(26(27)28)17(23-4-2-8-25-10-6-21-14-25)12-16(15)22-3-1-7-24-9-5-20-13-24/h5-6,9-14,22-23H,1-4,7-8H2. The molecule has 1 aromatic carbocycles. The van der Waals surface area contributed by atoms with E-state index in [1.165, 1.54) is 6.07 Å². The number of anilines is 2. The molecular formula is C18H22ClN7O2. The van der Waals surface area contributed by atoms with Crippen molar-refractivity contribution in [2.75, 3.05) is 23.7 Å². The molecular weight excluding hydrogens is 382 g/mol. The molecule has 0 atom stereocenters. The maximum absolute atomic E-state index is 11.4. The van der Waals surface area contributed by atoms with E-state index in [1.807, 2.05) is 21.5 Å². The highest BCUT2D eigenvalue weighted by Gasteiger charge is 2.17. The highest BCUT2D eigenvalue weighted by molar-refractivity contribution is 6.33. The number of rotatable bonds is 11. The Morgan fingerprint density at radius 1 is 0.964 bits per heavy atom. The number of hydrogen-bond donors (Lipinski definition) is 2. The number of aryl methyl sites for hydroxylation is 2. The molecule has 3 rings (SSSR count). The normalized spacial score (nSPS) is 10.8. The van der Waals surface area contributed by atoms with E-state index in [-0.39, 0.29) is 5.69 Å². The second-order valence-electron chi connectivity index (χ2n) is 6.27. The van der Waals surface area contributed by atoms with Crippen molar-refractivity contribution in [3.63, 3.8) is 0 Å². The summed E-state index contributed by atoms with van der Waals surface area (Å²) in [6.45, 7) is 2.90. The number of nitro groups is 1. The van der Waals surface area contributed by atoms with E-state index in [9.17, 15) is 10.1 Å². The molecule has 0 spiro atoms. The van der Waals surface area contributed by atoms with Crippen molar-refractivity contribution in [1.82, 2.24) is 19.1 Å². The molecule has 2 aromatic heterocycles. The Morgan fingerprint density at radius 2 is 1.54 bits per heavy atom. The smallest absolute Gasteiger partial charge is 0.293 e. The molecule has 0 fully saturated rings. The molecule has 148 valence electrons. The molecule has 0 saturated carbocycles. The summed E-state index contributed by atoms with van der Waals surface area (Å²) in [5.74, 6) is 0. The first-order valence-corrected chi connectivity index (χ1v) is 9.38. The first-order valence-electron chi connectivity index (χ1n) is 9.00. The van der Waals surface area contributed by atoms with Crippen LogP contribution in [0.2, 0.25) is 5.02 Å². The molecule has 0 aliphatic rings. The summed E-state index contributed by atoms with van der Waals surface area (Å²) in [7, 11) is 0. The zero-order chi connectivity index (χ0) is 19.8. The number of imidazole rings is 2. The third-order valence-corrected chi connectivity index (χ3v) is 4.53. The highest BCUT2D eigenvalue weighted by Crippen LogP contribution is 2.34. The number of hydrogen-bond acceptors (Lipinski definition) is 6. The van der Waals surface area contributed by atoms with Crippen molar-refractivity contribution < 1.29 is 4.92 Å². The summed E-state index contributed by atoms with van der Waals surface area (Å²) in [6, 6.07) is 3.09. The predicted octanol–water partition coefficient (Wildman–Crippen LogP) is 3.65. The molecule has 0 aliphatic heterocycles. The second kappa shape index (κ2) is 9.75. The molecule has 0 bridgehead atoms. The van der Waals surface area contributed by atoms with Crippen LogP contribution in [-0.2, 0) is 13.1 Å². The lowest BCUT2D eigenvalue weighted by molar-refractivity contribution is -0.383. The molecule has 28 heavy (non-hydrogen) atoms. The molecule has 0 aliphatic carbocycles. The van der Waals surface area contributed by atoms with Gasteiger partial charge in [0.25, 0.3) is 5.69 Å². The lowest BCUT2D eigenvalue weighted by atomic mass is 10.2. The number of nitrogens with zero attached hydrogens (tertiary/aromatic N) is 5. The van der Waals surface area contributed by atoms with Gasteiger partial charge in [0.05, 0.1) is 28.3 Å². The van der Waals surface area contributed by atoms with Crippen molar-refractivity contribution in [1.29, 1.82) is 0 Å². The molecule has 0 saturated heterocycles. The Balaban J connectivity index is 1.57. The highest BCUT2D eigenvalue weighted by atomic mass is 35.5. The van der Waals surface area contributed by atoms with E-state index in [4.69, 9.17) is 11.6 Å². The molecule has 2 N–H and O–H groups in total. The van der Waals surface area contributed by atoms with Gasteiger partial charge in [-0.25, -0.2) is 9.97 Å². The summed E-state index contributed by atoms with van der Waals surface area (Å²) in [6.07, 6.45) is 12.5. The largest absolute Gasteiger partial charge is 0.384 e. The molecule has 0 radical (unpaired) electrons. The number of halogens is 1. The molecule has 2 heterocycles. The van der Waals surface area contributed by atoms with Gasteiger partial charge in [-0.2, -0.15) is 0 Å². The molecule has 0 amide bonds. The van der Waals surface area contributed by atoms with Gasteiger partial charge in [-0.05, 0) is 18.9 Å². The van der Waals surface area contributed by atoms with Gasteiger partial charge in [0, 0.05) is 57.0 Å². The van der Waals surface area contributed by atoms with Gasteiger partial charge < -0.3 is 19.8 Å². The van der Waals surface area contributed by atoms with E-state index in [2.05, 4.69) is 20.6 Å². The average molecular weight is 404 g/mol. The fourth-order valence-corrected chi connectivity index (χ4v) is 3.02. The minimum Gasteiger partial charge on any atom is -0.384 e. The van der Waals surface area contributed by atoms with Crippen molar-refractivity contribution in [2.24, 2.45) is 0 Å². The summed E-state index contributed by atoms with van der Waals surface area (Å²) >= 11 is 6.23. The van der Waals surface area contributed by atoms with Gasteiger partial charge in [0.1, 0.15) is 5.69 Å². The van der Waals surface area contributed by atoms with E-state index in [1.54, 1.807) is 31.1 Å². The van der Waals surface area contributed by atoms with Crippen LogP contribution in [0.4, 0.5) is 17.1 Å². The monoisotopic (exact) mass is 403 g/mol. The Kier molecular flexibility index (Phi) is 6.85. The number of nitro benzene ring substituents is 1. The first-order chi connectivity index (χ1) is 13.6.